The van der Waals surface area contributed by atoms with Crippen LogP contribution < -0.4 is 15.0 Å². The van der Waals surface area contributed by atoms with Crippen molar-refractivity contribution < 1.29 is 29.0 Å². The second kappa shape index (κ2) is 15.3. The van der Waals surface area contributed by atoms with E-state index in [9.17, 15) is 19.5 Å². The summed E-state index contributed by atoms with van der Waals surface area (Å²) < 4.78 is 11.2. The number of benzene rings is 2. The first-order chi connectivity index (χ1) is 20.6. The standard InChI is InChI=1S/C32H43ClN4O6/c1-22-17-27(10-7-26(22)21-36-14-15-37(32(40)41)23(2)20-36)35(3)30(38)25-8-11-28(12-9-25)43-29-6-4-5-24(18-29)19-34-31(39)42-16-13-33/h4-7,10,17-18,23,25,28H,8-9,11-16,19-21H2,1-3H3,(H,34,39)(H,40,41)/t23-,25-,28-/m0/s1. The number of anilines is 1. The monoisotopic (exact) mass is 614 g/mol. The highest BCUT2D eigenvalue weighted by Crippen LogP contribution is 2.31. The van der Waals surface area contributed by atoms with Gasteiger partial charge in [-0.1, -0.05) is 18.2 Å². The second-order valence-electron chi connectivity index (χ2n) is 11.5. The number of hydrogen-bond donors (Lipinski definition) is 2. The SMILES string of the molecule is Cc1cc(N(C)C(=O)[C@H]2CC[C@H](Oc3cccc(CNC(=O)OCCCl)c3)CC2)ccc1CN1CCN(C(=O)O)[C@@H](C)C1. The second-order valence-corrected chi connectivity index (χ2v) is 11.9. The molecule has 0 radical (unpaired) electrons. The molecule has 0 unspecified atom stereocenters. The van der Waals surface area contributed by atoms with E-state index < -0.39 is 12.2 Å². The highest BCUT2D eigenvalue weighted by atomic mass is 35.5. The van der Waals surface area contributed by atoms with Gasteiger partial charge in [0.15, 0.2) is 0 Å². The third-order valence-electron chi connectivity index (χ3n) is 8.37. The maximum atomic E-state index is 13.4. The summed E-state index contributed by atoms with van der Waals surface area (Å²) in [6, 6.07) is 13.7. The summed E-state index contributed by atoms with van der Waals surface area (Å²) in [5, 5.41) is 12.0. The summed E-state index contributed by atoms with van der Waals surface area (Å²) in [6.45, 7) is 7.18. The summed E-state index contributed by atoms with van der Waals surface area (Å²) in [4.78, 5) is 42.0. The normalized spacial score (nSPS) is 20.7. The number of alkyl halides is 1. The number of carbonyl (C=O) groups is 3. The summed E-state index contributed by atoms with van der Waals surface area (Å²) in [5.74, 6) is 1.07. The van der Waals surface area contributed by atoms with Gasteiger partial charge < -0.3 is 29.7 Å². The van der Waals surface area contributed by atoms with Crippen molar-refractivity contribution in [2.24, 2.45) is 5.92 Å². The van der Waals surface area contributed by atoms with Crippen LogP contribution >= 0.6 is 11.6 Å². The molecule has 1 saturated heterocycles. The van der Waals surface area contributed by atoms with Crippen molar-refractivity contribution in [1.29, 1.82) is 0 Å². The molecule has 2 aromatic carbocycles. The summed E-state index contributed by atoms with van der Waals surface area (Å²) in [6.07, 6.45) is 1.78. The van der Waals surface area contributed by atoms with Crippen molar-refractivity contribution in [3.8, 4) is 5.75 Å². The molecule has 4 rings (SSSR count). The van der Waals surface area contributed by atoms with E-state index in [0.717, 1.165) is 54.8 Å². The van der Waals surface area contributed by atoms with Gasteiger partial charge in [-0.25, -0.2) is 9.59 Å². The Morgan fingerprint density at radius 1 is 1.09 bits per heavy atom. The number of piperazine rings is 1. The Kier molecular flexibility index (Phi) is 11.5. The first kappa shape index (κ1) is 32.4. The summed E-state index contributed by atoms with van der Waals surface area (Å²) >= 11 is 5.54. The maximum Gasteiger partial charge on any atom is 0.407 e. The van der Waals surface area contributed by atoms with Crippen molar-refractivity contribution in [1.82, 2.24) is 15.1 Å². The molecule has 2 fully saturated rings. The van der Waals surface area contributed by atoms with E-state index in [1.807, 2.05) is 44.3 Å². The van der Waals surface area contributed by atoms with Gasteiger partial charge in [0.25, 0.3) is 0 Å². The number of halogens is 1. The number of carboxylic acid groups (broad SMARTS) is 1. The number of hydrogen-bond acceptors (Lipinski definition) is 6. The quantitative estimate of drug-likeness (QED) is 0.352. The van der Waals surface area contributed by atoms with Gasteiger partial charge in [-0.2, -0.15) is 0 Å². The van der Waals surface area contributed by atoms with Gasteiger partial charge >= 0.3 is 12.2 Å². The van der Waals surface area contributed by atoms with E-state index in [2.05, 4.69) is 29.3 Å². The predicted molar refractivity (Wildman–Crippen MR) is 166 cm³/mol. The zero-order valence-corrected chi connectivity index (χ0v) is 26.0. The van der Waals surface area contributed by atoms with Gasteiger partial charge in [-0.3, -0.25) is 9.69 Å². The van der Waals surface area contributed by atoms with Crippen LogP contribution in [0.5, 0.6) is 5.75 Å². The average molecular weight is 615 g/mol. The molecule has 0 aromatic heterocycles. The molecule has 1 aliphatic heterocycles. The van der Waals surface area contributed by atoms with Crippen LogP contribution in [-0.2, 0) is 22.6 Å². The van der Waals surface area contributed by atoms with Crippen molar-refractivity contribution in [2.45, 2.75) is 64.8 Å². The van der Waals surface area contributed by atoms with E-state index in [1.54, 1.807) is 4.90 Å². The molecule has 43 heavy (non-hydrogen) atoms. The van der Waals surface area contributed by atoms with Gasteiger partial charge in [-0.15, -0.1) is 11.6 Å². The Morgan fingerprint density at radius 3 is 2.53 bits per heavy atom. The Hall–Kier alpha value is -3.50. The van der Waals surface area contributed by atoms with Crippen molar-refractivity contribution >= 4 is 35.4 Å². The Labute approximate surface area is 258 Å². The van der Waals surface area contributed by atoms with Gasteiger partial charge in [0, 0.05) is 57.4 Å². The number of carbonyl (C=O) groups excluding carboxylic acids is 2. The number of alkyl carbamates (subject to hydrolysis) is 1. The number of nitrogens with one attached hydrogen (secondary N) is 1. The lowest BCUT2D eigenvalue weighted by atomic mass is 9.86. The fourth-order valence-electron chi connectivity index (χ4n) is 5.87. The van der Waals surface area contributed by atoms with Gasteiger partial charge in [0.2, 0.25) is 5.91 Å². The molecule has 2 aromatic rings. The first-order valence-electron chi connectivity index (χ1n) is 15.0. The van der Waals surface area contributed by atoms with Gasteiger partial charge in [-0.05, 0) is 80.5 Å². The predicted octanol–water partition coefficient (Wildman–Crippen LogP) is 5.24. The minimum absolute atomic E-state index is 0.0351. The number of rotatable bonds is 10. The Morgan fingerprint density at radius 2 is 1.86 bits per heavy atom. The molecule has 3 amide bonds. The van der Waals surface area contributed by atoms with Gasteiger partial charge in [0.1, 0.15) is 12.4 Å². The first-order valence-corrected chi connectivity index (χ1v) is 15.5. The largest absolute Gasteiger partial charge is 0.490 e. The van der Waals surface area contributed by atoms with Crippen LogP contribution in [0.2, 0.25) is 0 Å². The molecule has 11 heteroatoms. The summed E-state index contributed by atoms with van der Waals surface area (Å²) in [7, 11) is 1.84. The van der Waals surface area contributed by atoms with Crippen LogP contribution in [0.1, 0.15) is 49.3 Å². The number of aryl methyl sites for hydroxylation is 1. The van der Waals surface area contributed by atoms with Crippen LogP contribution in [0.4, 0.5) is 15.3 Å². The molecule has 1 saturated carbocycles. The molecule has 1 atom stereocenters. The zero-order valence-electron chi connectivity index (χ0n) is 25.3. The fraction of sp³-hybridized carbons (Fsp3) is 0.531. The highest BCUT2D eigenvalue weighted by Gasteiger charge is 2.30. The minimum Gasteiger partial charge on any atom is -0.490 e. The fourth-order valence-corrected chi connectivity index (χ4v) is 5.95. The highest BCUT2D eigenvalue weighted by molar-refractivity contribution is 6.18. The third kappa shape index (κ3) is 9.00. The van der Waals surface area contributed by atoms with E-state index in [4.69, 9.17) is 21.1 Å². The molecule has 0 bridgehead atoms. The van der Waals surface area contributed by atoms with Gasteiger partial charge in [0.05, 0.1) is 12.0 Å². The third-order valence-corrected chi connectivity index (χ3v) is 8.52. The number of ether oxygens (including phenoxy) is 2. The van der Waals surface area contributed by atoms with E-state index >= 15 is 0 Å². The van der Waals surface area contributed by atoms with Crippen molar-refractivity contribution in [3.63, 3.8) is 0 Å². The molecule has 234 valence electrons. The van der Waals surface area contributed by atoms with E-state index in [1.165, 1.54) is 10.5 Å². The molecule has 1 heterocycles. The maximum absolute atomic E-state index is 13.4. The smallest absolute Gasteiger partial charge is 0.407 e. The molecule has 10 nitrogen and oxygen atoms in total. The van der Waals surface area contributed by atoms with Crippen LogP contribution in [0.15, 0.2) is 42.5 Å². The Bertz CT molecular complexity index is 1270. The molecular formula is C32H43ClN4O6. The van der Waals surface area contributed by atoms with Crippen molar-refractivity contribution in [3.05, 3.63) is 59.2 Å². The molecule has 2 aliphatic rings. The molecular weight excluding hydrogens is 572 g/mol. The summed E-state index contributed by atoms with van der Waals surface area (Å²) in [5.41, 5.74) is 4.09. The van der Waals surface area contributed by atoms with Crippen LogP contribution in [0, 0.1) is 12.8 Å². The van der Waals surface area contributed by atoms with Crippen LogP contribution in [0.3, 0.4) is 0 Å². The molecule has 1 aliphatic carbocycles. The lowest BCUT2D eigenvalue weighted by molar-refractivity contribution is -0.123. The van der Waals surface area contributed by atoms with Crippen LogP contribution in [0.25, 0.3) is 0 Å². The molecule has 0 spiro atoms. The number of nitrogens with zero attached hydrogens (tertiary/aromatic N) is 3. The average Bonchev–Trinajstić information content (AvgIpc) is 2.99. The van der Waals surface area contributed by atoms with E-state index in [-0.39, 0.29) is 36.5 Å². The number of amides is 3. The lowest BCUT2D eigenvalue weighted by Gasteiger charge is -2.38. The lowest BCUT2D eigenvalue weighted by Crippen LogP contribution is -2.53. The van der Waals surface area contributed by atoms with Crippen LogP contribution in [-0.4, -0.2) is 84.3 Å². The zero-order chi connectivity index (χ0) is 30.9. The van der Waals surface area contributed by atoms with Crippen molar-refractivity contribution in [2.75, 3.05) is 44.1 Å². The van der Waals surface area contributed by atoms with E-state index in [0.29, 0.717) is 26.2 Å². The topological polar surface area (TPSA) is 112 Å². The minimum atomic E-state index is -0.861. The molecule has 2 N–H and O–H groups in total. The Balaban J connectivity index is 1.24.